The van der Waals surface area contributed by atoms with E-state index < -0.39 is 10.0 Å². The van der Waals surface area contributed by atoms with E-state index in [1.54, 1.807) is 5.38 Å². The van der Waals surface area contributed by atoms with E-state index in [-0.39, 0.29) is 21.7 Å². The van der Waals surface area contributed by atoms with Crippen molar-refractivity contribution in [3.05, 3.63) is 16.3 Å². The number of amides is 1. The fraction of sp³-hybridized carbons (Fsp3) is 0.667. The molecule has 1 amide bonds. The van der Waals surface area contributed by atoms with Crippen molar-refractivity contribution in [2.24, 2.45) is 11.7 Å². The van der Waals surface area contributed by atoms with Crippen LogP contribution in [0.25, 0.3) is 0 Å². The van der Waals surface area contributed by atoms with E-state index in [4.69, 9.17) is 5.73 Å². The van der Waals surface area contributed by atoms with Gasteiger partial charge in [0.25, 0.3) is 5.91 Å². The molecule has 2 fully saturated rings. The van der Waals surface area contributed by atoms with Gasteiger partial charge in [0.1, 0.15) is 9.77 Å². The van der Waals surface area contributed by atoms with Gasteiger partial charge in [-0.3, -0.25) is 4.79 Å². The molecule has 3 N–H and O–H groups in total. The summed E-state index contributed by atoms with van der Waals surface area (Å²) in [5, 5.41) is 4.44. The predicted octanol–water partition coefficient (Wildman–Crippen LogP) is 1.39. The van der Waals surface area contributed by atoms with Crippen molar-refractivity contribution in [2.75, 3.05) is 19.6 Å². The van der Waals surface area contributed by atoms with E-state index >= 15 is 0 Å². The number of piperidine rings is 1. The highest BCUT2D eigenvalue weighted by Crippen LogP contribution is 2.31. The zero-order valence-corrected chi connectivity index (χ0v) is 14.7. The van der Waals surface area contributed by atoms with Crippen LogP contribution in [-0.2, 0) is 10.0 Å². The number of rotatable bonds is 6. The minimum Gasteiger partial charge on any atom is -0.350 e. The first-order chi connectivity index (χ1) is 11.0. The number of sulfonamides is 1. The molecule has 1 atom stereocenters. The number of carbonyl (C=O) groups is 1. The number of nitrogens with one attached hydrogen (secondary N) is 1. The van der Waals surface area contributed by atoms with Gasteiger partial charge in [-0.25, -0.2) is 8.42 Å². The fourth-order valence-electron chi connectivity index (χ4n) is 2.89. The standard InChI is InChI=1S/C15H23N3O3S2/c16-12(11-4-5-11)10-17-15(19)14-13(6-9-22-14)23(20,21)18-7-2-1-3-8-18/h6,9,11-12H,1-5,7-8,10,16H2,(H,17,19). The molecule has 0 radical (unpaired) electrons. The normalized spacial score (nSPS) is 21.1. The summed E-state index contributed by atoms with van der Waals surface area (Å²) in [4.78, 5) is 12.8. The molecule has 1 saturated heterocycles. The van der Waals surface area contributed by atoms with Crippen molar-refractivity contribution in [1.82, 2.24) is 9.62 Å². The zero-order chi connectivity index (χ0) is 16.4. The number of nitrogens with two attached hydrogens (primary N) is 1. The van der Waals surface area contributed by atoms with Gasteiger partial charge in [-0.1, -0.05) is 6.42 Å². The molecule has 1 aliphatic heterocycles. The topological polar surface area (TPSA) is 92.5 Å². The van der Waals surface area contributed by atoms with Crippen LogP contribution in [0.4, 0.5) is 0 Å². The monoisotopic (exact) mass is 357 g/mol. The first-order valence-electron chi connectivity index (χ1n) is 8.11. The largest absolute Gasteiger partial charge is 0.350 e. The van der Waals surface area contributed by atoms with E-state index in [1.807, 2.05) is 0 Å². The van der Waals surface area contributed by atoms with Crippen LogP contribution in [0.15, 0.2) is 16.3 Å². The molecule has 6 nitrogen and oxygen atoms in total. The Morgan fingerprint density at radius 1 is 1.35 bits per heavy atom. The number of carbonyl (C=O) groups excluding carboxylic acids is 1. The highest BCUT2D eigenvalue weighted by Gasteiger charge is 2.32. The summed E-state index contributed by atoms with van der Waals surface area (Å²) < 4.78 is 27.0. The summed E-state index contributed by atoms with van der Waals surface area (Å²) in [5.74, 6) is 0.155. The summed E-state index contributed by atoms with van der Waals surface area (Å²) >= 11 is 1.17. The first kappa shape index (κ1) is 16.9. The fourth-order valence-corrected chi connectivity index (χ4v) is 5.73. The predicted molar refractivity (Wildman–Crippen MR) is 90.0 cm³/mol. The third kappa shape index (κ3) is 3.76. The summed E-state index contributed by atoms with van der Waals surface area (Å²) in [5.41, 5.74) is 5.98. The molecule has 0 bridgehead atoms. The highest BCUT2D eigenvalue weighted by atomic mass is 32.2. The average Bonchev–Trinajstić information content (AvgIpc) is 3.29. The Labute approximate surface area is 141 Å². The second-order valence-electron chi connectivity index (χ2n) is 6.29. The molecular weight excluding hydrogens is 334 g/mol. The van der Waals surface area contributed by atoms with E-state index in [2.05, 4.69) is 5.32 Å². The van der Waals surface area contributed by atoms with Crippen LogP contribution in [0.1, 0.15) is 41.8 Å². The summed E-state index contributed by atoms with van der Waals surface area (Å²) in [6, 6.07) is 1.49. The van der Waals surface area contributed by atoms with E-state index in [1.165, 1.54) is 21.7 Å². The number of hydrogen-bond donors (Lipinski definition) is 2. The lowest BCUT2D eigenvalue weighted by Crippen LogP contribution is -2.39. The Morgan fingerprint density at radius 3 is 2.70 bits per heavy atom. The third-order valence-electron chi connectivity index (χ3n) is 4.49. The van der Waals surface area contributed by atoms with Crippen LogP contribution in [0.3, 0.4) is 0 Å². The number of nitrogens with zero attached hydrogens (tertiary/aromatic N) is 1. The van der Waals surface area contributed by atoms with Crippen LogP contribution in [0.5, 0.6) is 0 Å². The highest BCUT2D eigenvalue weighted by molar-refractivity contribution is 7.89. The van der Waals surface area contributed by atoms with Crippen molar-refractivity contribution in [3.63, 3.8) is 0 Å². The average molecular weight is 358 g/mol. The SMILES string of the molecule is NC(CNC(=O)c1sccc1S(=O)(=O)N1CCCCC1)C1CC1. The Hall–Kier alpha value is -0.960. The smallest absolute Gasteiger partial charge is 0.262 e. The van der Waals surface area contributed by atoms with Crippen LogP contribution in [-0.4, -0.2) is 44.3 Å². The molecular formula is C15H23N3O3S2. The van der Waals surface area contributed by atoms with Gasteiger partial charge < -0.3 is 11.1 Å². The maximum absolute atomic E-state index is 12.8. The molecule has 128 valence electrons. The molecule has 8 heteroatoms. The first-order valence-corrected chi connectivity index (χ1v) is 10.4. The summed E-state index contributed by atoms with van der Waals surface area (Å²) in [6.45, 7) is 1.46. The Kier molecular flexibility index (Phi) is 5.05. The van der Waals surface area contributed by atoms with Gasteiger partial charge in [0.15, 0.2) is 0 Å². The Bertz CT molecular complexity index is 661. The summed E-state index contributed by atoms with van der Waals surface area (Å²) in [6.07, 6.45) is 5.04. The van der Waals surface area contributed by atoms with Gasteiger partial charge >= 0.3 is 0 Å². The van der Waals surface area contributed by atoms with Gasteiger partial charge in [0.2, 0.25) is 10.0 Å². The second kappa shape index (κ2) is 6.88. The van der Waals surface area contributed by atoms with Crippen LogP contribution < -0.4 is 11.1 Å². The second-order valence-corrected chi connectivity index (χ2v) is 9.11. The van der Waals surface area contributed by atoms with Crippen LogP contribution in [0, 0.1) is 5.92 Å². The minimum atomic E-state index is -3.59. The molecule has 2 heterocycles. The quantitative estimate of drug-likeness (QED) is 0.805. The molecule has 3 rings (SSSR count). The molecule has 1 aromatic rings. The van der Waals surface area contributed by atoms with Crippen molar-refractivity contribution >= 4 is 27.3 Å². The van der Waals surface area contributed by atoms with Crippen molar-refractivity contribution < 1.29 is 13.2 Å². The van der Waals surface area contributed by atoms with E-state index in [9.17, 15) is 13.2 Å². The van der Waals surface area contributed by atoms with Crippen LogP contribution in [0.2, 0.25) is 0 Å². The van der Waals surface area contributed by atoms with E-state index in [0.29, 0.717) is 25.6 Å². The molecule has 1 unspecified atom stereocenters. The van der Waals surface area contributed by atoms with Crippen molar-refractivity contribution in [3.8, 4) is 0 Å². The van der Waals surface area contributed by atoms with E-state index in [0.717, 1.165) is 32.1 Å². The number of hydrogen-bond acceptors (Lipinski definition) is 5. The Balaban J connectivity index is 1.71. The summed E-state index contributed by atoms with van der Waals surface area (Å²) in [7, 11) is -3.59. The van der Waals surface area contributed by atoms with Crippen LogP contribution >= 0.6 is 11.3 Å². The minimum absolute atomic E-state index is 0.0407. The molecule has 2 aliphatic rings. The van der Waals surface area contributed by atoms with Crippen molar-refractivity contribution in [1.29, 1.82) is 0 Å². The van der Waals surface area contributed by atoms with Gasteiger partial charge in [-0.2, -0.15) is 4.31 Å². The van der Waals surface area contributed by atoms with Gasteiger partial charge in [0, 0.05) is 25.7 Å². The molecule has 0 aromatic carbocycles. The maximum Gasteiger partial charge on any atom is 0.262 e. The molecule has 1 aliphatic carbocycles. The molecule has 0 spiro atoms. The lowest BCUT2D eigenvalue weighted by Gasteiger charge is -2.25. The number of thiophene rings is 1. The maximum atomic E-state index is 12.8. The molecule has 1 aromatic heterocycles. The van der Waals surface area contributed by atoms with Crippen molar-refractivity contribution in [2.45, 2.75) is 43.0 Å². The third-order valence-corrected chi connectivity index (χ3v) is 7.48. The Morgan fingerprint density at radius 2 is 2.04 bits per heavy atom. The van der Waals surface area contributed by atoms with Gasteiger partial charge in [-0.15, -0.1) is 11.3 Å². The van der Waals surface area contributed by atoms with Gasteiger partial charge in [-0.05, 0) is 43.0 Å². The zero-order valence-electron chi connectivity index (χ0n) is 13.0. The lowest BCUT2D eigenvalue weighted by atomic mass is 10.2. The molecule has 23 heavy (non-hydrogen) atoms. The van der Waals surface area contributed by atoms with Gasteiger partial charge in [0.05, 0.1) is 0 Å². The molecule has 1 saturated carbocycles. The lowest BCUT2D eigenvalue weighted by molar-refractivity contribution is 0.0951.